The topological polar surface area (TPSA) is 96.0 Å². The summed E-state index contributed by atoms with van der Waals surface area (Å²) in [5, 5.41) is 0. The second kappa shape index (κ2) is 7.83. The number of nitrogens with zero attached hydrogens (tertiary/aromatic N) is 2. The van der Waals surface area contributed by atoms with Gasteiger partial charge in [-0.3, -0.25) is 9.59 Å². The first-order valence-corrected chi connectivity index (χ1v) is 9.80. The molecule has 8 nitrogen and oxygen atoms in total. The van der Waals surface area contributed by atoms with Gasteiger partial charge in [-0.1, -0.05) is 0 Å². The van der Waals surface area contributed by atoms with Crippen molar-refractivity contribution in [2.24, 2.45) is 0 Å². The van der Waals surface area contributed by atoms with Crippen LogP contribution in [0.4, 0.5) is 0 Å². The zero-order valence-corrected chi connectivity index (χ0v) is 15.4. The van der Waals surface area contributed by atoms with Gasteiger partial charge in [-0.05, 0) is 31.2 Å². The summed E-state index contributed by atoms with van der Waals surface area (Å²) in [6.45, 7) is 3.07. The number of hydrogen-bond donors (Lipinski definition) is 1. The number of nitrogens with one attached hydrogen (secondary N) is 1. The fraction of sp³-hybridized carbons (Fsp3) is 0.500. The van der Waals surface area contributed by atoms with Crippen molar-refractivity contribution in [2.75, 3.05) is 39.5 Å². The van der Waals surface area contributed by atoms with Crippen LogP contribution in [0.1, 0.15) is 17.3 Å². The van der Waals surface area contributed by atoms with E-state index in [0.29, 0.717) is 37.5 Å². The van der Waals surface area contributed by atoms with Gasteiger partial charge in [-0.25, -0.2) is 13.1 Å². The second-order valence-corrected chi connectivity index (χ2v) is 7.74. The van der Waals surface area contributed by atoms with Gasteiger partial charge < -0.3 is 14.5 Å². The number of sulfonamides is 1. The van der Waals surface area contributed by atoms with Gasteiger partial charge in [0.05, 0.1) is 19.4 Å². The molecule has 0 saturated carbocycles. The Hall–Kier alpha value is -2.13. The van der Waals surface area contributed by atoms with Gasteiger partial charge in [0.1, 0.15) is 5.75 Å². The van der Waals surface area contributed by atoms with E-state index in [1.165, 1.54) is 6.92 Å². The molecule has 2 rings (SSSR count). The van der Waals surface area contributed by atoms with Crippen molar-refractivity contribution in [3.63, 3.8) is 0 Å². The van der Waals surface area contributed by atoms with Gasteiger partial charge in [0.25, 0.3) is 5.91 Å². The third kappa shape index (κ3) is 5.17. The van der Waals surface area contributed by atoms with Crippen molar-refractivity contribution in [1.29, 1.82) is 0 Å². The molecule has 0 aliphatic carbocycles. The van der Waals surface area contributed by atoms with E-state index in [2.05, 4.69) is 4.72 Å². The highest BCUT2D eigenvalue weighted by atomic mass is 32.2. The maximum Gasteiger partial charge on any atom is 0.253 e. The highest BCUT2D eigenvalue weighted by molar-refractivity contribution is 7.88. The molecular formula is C16H23N3O5S. The SMILES string of the molecule is COc1ccc(C(=O)N2CCN(C(=O)[C@H](C)NS(C)(=O)=O)CC2)cc1. The van der Waals surface area contributed by atoms with Crippen LogP contribution in [0.2, 0.25) is 0 Å². The van der Waals surface area contributed by atoms with Crippen molar-refractivity contribution in [2.45, 2.75) is 13.0 Å². The van der Waals surface area contributed by atoms with Gasteiger partial charge in [-0.2, -0.15) is 0 Å². The van der Waals surface area contributed by atoms with Crippen molar-refractivity contribution in [3.05, 3.63) is 29.8 Å². The third-order valence-corrected chi connectivity index (χ3v) is 4.76. The lowest BCUT2D eigenvalue weighted by Gasteiger charge is -2.36. The minimum atomic E-state index is -3.45. The normalized spacial score (nSPS) is 16.4. The van der Waals surface area contributed by atoms with E-state index in [1.807, 2.05) is 0 Å². The van der Waals surface area contributed by atoms with E-state index in [1.54, 1.807) is 41.2 Å². The van der Waals surface area contributed by atoms with Gasteiger partial charge >= 0.3 is 0 Å². The van der Waals surface area contributed by atoms with Crippen LogP contribution in [-0.4, -0.2) is 75.6 Å². The Morgan fingerprint density at radius 3 is 2.08 bits per heavy atom. The second-order valence-electron chi connectivity index (χ2n) is 5.96. The standard InChI is InChI=1S/C16H23N3O5S/c1-12(17-25(3,22)23)15(20)18-8-10-19(11-9-18)16(21)13-4-6-14(24-2)7-5-13/h4-7,12,17H,8-11H2,1-3H3/t12-/m0/s1. The largest absolute Gasteiger partial charge is 0.497 e. The molecule has 0 radical (unpaired) electrons. The molecule has 2 amide bonds. The van der Waals surface area contributed by atoms with Gasteiger partial charge in [0.15, 0.2) is 0 Å². The number of rotatable bonds is 5. The van der Waals surface area contributed by atoms with E-state index in [4.69, 9.17) is 4.74 Å². The van der Waals surface area contributed by atoms with Crippen molar-refractivity contribution >= 4 is 21.8 Å². The Balaban J connectivity index is 1.92. The molecular weight excluding hydrogens is 346 g/mol. The Kier molecular flexibility index (Phi) is 6.02. The molecule has 138 valence electrons. The molecule has 1 heterocycles. The predicted molar refractivity (Wildman–Crippen MR) is 92.9 cm³/mol. The fourth-order valence-electron chi connectivity index (χ4n) is 2.69. The molecule has 1 aliphatic heterocycles. The number of benzene rings is 1. The number of methoxy groups -OCH3 is 1. The van der Waals surface area contributed by atoms with Crippen LogP contribution in [0, 0.1) is 0 Å². The first kappa shape index (κ1) is 19.2. The molecule has 1 aliphatic rings. The number of carbonyl (C=O) groups is 2. The summed E-state index contributed by atoms with van der Waals surface area (Å²) in [4.78, 5) is 28.0. The maximum absolute atomic E-state index is 12.5. The lowest BCUT2D eigenvalue weighted by atomic mass is 10.1. The van der Waals surface area contributed by atoms with Crippen LogP contribution in [0.3, 0.4) is 0 Å². The maximum atomic E-state index is 12.5. The van der Waals surface area contributed by atoms with Crippen LogP contribution in [0.5, 0.6) is 5.75 Å². The minimum absolute atomic E-state index is 0.0999. The van der Waals surface area contributed by atoms with Crippen LogP contribution >= 0.6 is 0 Å². The number of ether oxygens (including phenoxy) is 1. The molecule has 9 heteroatoms. The van der Waals surface area contributed by atoms with Crippen LogP contribution in [-0.2, 0) is 14.8 Å². The van der Waals surface area contributed by atoms with E-state index in [0.717, 1.165) is 6.26 Å². The molecule has 0 unspecified atom stereocenters. The summed E-state index contributed by atoms with van der Waals surface area (Å²) in [5.74, 6) is 0.290. The molecule has 1 saturated heterocycles. The summed E-state index contributed by atoms with van der Waals surface area (Å²) in [6.07, 6.45) is 1.02. The van der Waals surface area contributed by atoms with Gasteiger partial charge in [-0.15, -0.1) is 0 Å². The Bertz CT molecular complexity index is 725. The monoisotopic (exact) mass is 369 g/mol. The molecule has 1 aromatic rings. The van der Waals surface area contributed by atoms with E-state index >= 15 is 0 Å². The van der Waals surface area contributed by atoms with E-state index < -0.39 is 16.1 Å². The first-order chi connectivity index (χ1) is 11.7. The zero-order valence-electron chi connectivity index (χ0n) is 14.6. The third-order valence-electron chi connectivity index (χ3n) is 3.98. The number of hydrogen-bond acceptors (Lipinski definition) is 5. The highest BCUT2D eigenvalue weighted by Gasteiger charge is 2.28. The molecule has 1 aromatic carbocycles. The average Bonchev–Trinajstić information content (AvgIpc) is 2.59. The van der Waals surface area contributed by atoms with Gasteiger partial charge in [0.2, 0.25) is 15.9 Å². The number of piperazine rings is 1. The predicted octanol–water partition coefficient (Wildman–Crippen LogP) is -0.0827. The molecule has 1 N–H and O–H groups in total. The van der Waals surface area contributed by atoms with Crippen LogP contribution < -0.4 is 9.46 Å². The summed E-state index contributed by atoms with van der Waals surface area (Å²) < 4.78 is 29.8. The Morgan fingerprint density at radius 2 is 1.60 bits per heavy atom. The summed E-state index contributed by atoms with van der Waals surface area (Å²) >= 11 is 0. The summed E-state index contributed by atoms with van der Waals surface area (Å²) in [5.41, 5.74) is 0.563. The zero-order chi connectivity index (χ0) is 18.6. The molecule has 0 aromatic heterocycles. The molecule has 1 atom stereocenters. The smallest absolute Gasteiger partial charge is 0.253 e. The fourth-order valence-corrected chi connectivity index (χ4v) is 3.43. The summed E-state index contributed by atoms with van der Waals surface area (Å²) in [7, 11) is -1.88. The molecule has 25 heavy (non-hydrogen) atoms. The quantitative estimate of drug-likeness (QED) is 0.783. The van der Waals surface area contributed by atoms with E-state index in [9.17, 15) is 18.0 Å². The van der Waals surface area contributed by atoms with Crippen LogP contribution in [0.25, 0.3) is 0 Å². The average molecular weight is 369 g/mol. The Labute approximate surface area is 147 Å². The van der Waals surface area contributed by atoms with Crippen LogP contribution in [0.15, 0.2) is 24.3 Å². The van der Waals surface area contributed by atoms with Crippen molar-refractivity contribution < 1.29 is 22.7 Å². The van der Waals surface area contributed by atoms with E-state index in [-0.39, 0.29) is 11.8 Å². The van der Waals surface area contributed by atoms with Crippen molar-refractivity contribution in [1.82, 2.24) is 14.5 Å². The lowest BCUT2D eigenvalue weighted by Crippen LogP contribution is -2.55. The number of amides is 2. The van der Waals surface area contributed by atoms with Gasteiger partial charge in [0, 0.05) is 31.7 Å². The Morgan fingerprint density at radius 1 is 1.08 bits per heavy atom. The first-order valence-electron chi connectivity index (χ1n) is 7.90. The molecule has 1 fully saturated rings. The molecule has 0 bridgehead atoms. The lowest BCUT2D eigenvalue weighted by molar-refractivity contribution is -0.134. The molecule has 0 spiro atoms. The minimum Gasteiger partial charge on any atom is -0.497 e. The summed E-state index contributed by atoms with van der Waals surface area (Å²) in [6, 6.07) is 6.05. The number of carbonyl (C=O) groups excluding carboxylic acids is 2. The highest BCUT2D eigenvalue weighted by Crippen LogP contribution is 2.14. The van der Waals surface area contributed by atoms with Crippen molar-refractivity contribution in [3.8, 4) is 5.75 Å².